The SMILES string of the molecule is CNS(=O)(=O)Cc1ccc(C(C)C(=O)NCc2ccc(C(F)(F)F)nc2OC(C)C)cc1OC. The van der Waals surface area contributed by atoms with Gasteiger partial charge in [0.05, 0.1) is 24.9 Å². The monoisotopic (exact) mass is 503 g/mol. The zero-order valence-electron chi connectivity index (χ0n) is 19.5. The third-order valence-electron chi connectivity index (χ3n) is 4.89. The number of aromatic nitrogens is 1. The number of sulfonamides is 1. The molecule has 1 unspecified atom stereocenters. The highest BCUT2D eigenvalue weighted by Gasteiger charge is 2.33. The Morgan fingerprint density at radius 1 is 1.12 bits per heavy atom. The summed E-state index contributed by atoms with van der Waals surface area (Å²) in [6.07, 6.45) is -5.04. The lowest BCUT2D eigenvalue weighted by atomic mass is 9.98. The molecule has 1 aromatic heterocycles. The number of carbonyl (C=O) groups excluding carboxylic acids is 1. The van der Waals surface area contributed by atoms with E-state index in [9.17, 15) is 26.4 Å². The summed E-state index contributed by atoms with van der Waals surface area (Å²) in [5.74, 6) is -1.22. The number of nitrogens with one attached hydrogen (secondary N) is 2. The number of benzene rings is 1. The van der Waals surface area contributed by atoms with Crippen molar-refractivity contribution in [3.05, 3.63) is 52.7 Å². The Morgan fingerprint density at radius 3 is 2.32 bits per heavy atom. The Kier molecular flexibility index (Phi) is 8.89. The molecule has 0 spiro atoms. The summed E-state index contributed by atoms with van der Waals surface area (Å²) in [5, 5.41) is 2.68. The average Bonchev–Trinajstić information content (AvgIpc) is 2.76. The molecule has 0 aliphatic carbocycles. The number of pyridine rings is 1. The number of hydrogen-bond donors (Lipinski definition) is 2. The van der Waals surface area contributed by atoms with E-state index in [0.29, 0.717) is 22.4 Å². The van der Waals surface area contributed by atoms with E-state index in [4.69, 9.17) is 9.47 Å². The van der Waals surface area contributed by atoms with Crippen molar-refractivity contribution in [3.8, 4) is 11.6 Å². The largest absolute Gasteiger partial charge is 0.496 e. The van der Waals surface area contributed by atoms with E-state index in [-0.39, 0.29) is 18.2 Å². The van der Waals surface area contributed by atoms with E-state index >= 15 is 0 Å². The third kappa shape index (κ3) is 7.32. The molecule has 34 heavy (non-hydrogen) atoms. The van der Waals surface area contributed by atoms with Gasteiger partial charge in [0.1, 0.15) is 11.4 Å². The van der Waals surface area contributed by atoms with E-state index in [0.717, 1.165) is 6.07 Å². The van der Waals surface area contributed by atoms with Crippen molar-refractivity contribution in [3.63, 3.8) is 0 Å². The van der Waals surface area contributed by atoms with Gasteiger partial charge in [0.25, 0.3) is 0 Å². The lowest BCUT2D eigenvalue weighted by Crippen LogP contribution is -2.28. The minimum absolute atomic E-state index is 0.0913. The summed E-state index contributed by atoms with van der Waals surface area (Å²) in [6.45, 7) is 4.87. The normalized spacial score (nSPS) is 13.0. The number of carbonyl (C=O) groups is 1. The number of ether oxygens (including phenoxy) is 2. The predicted molar refractivity (Wildman–Crippen MR) is 120 cm³/mol. The van der Waals surface area contributed by atoms with Gasteiger partial charge in [-0.25, -0.2) is 18.1 Å². The van der Waals surface area contributed by atoms with Crippen LogP contribution >= 0.6 is 0 Å². The van der Waals surface area contributed by atoms with Crippen LogP contribution < -0.4 is 19.5 Å². The van der Waals surface area contributed by atoms with Gasteiger partial charge in [-0.3, -0.25) is 4.79 Å². The number of nitrogens with zero attached hydrogens (tertiary/aromatic N) is 1. The Hall–Kier alpha value is -2.86. The molecule has 0 bridgehead atoms. The van der Waals surface area contributed by atoms with Crippen molar-refractivity contribution in [2.45, 2.75) is 51.3 Å². The predicted octanol–water partition coefficient (Wildman–Crippen LogP) is 3.37. The van der Waals surface area contributed by atoms with Crippen LogP contribution in [-0.2, 0) is 33.3 Å². The van der Waals surface area contributed by atoms with Gasteiger partial charge >= 0.3 is 6.18 Å². The highest BCUT2D eigenvalue weighted by atomic mass is 32.2. The molecular formula is C22H28F3N3O5S. The van der Waals surface area contributed by atoms with Gasteiger partial charge in [-0.2, -0.15) is 13.2 Å². The number of alkyl halides is 3. The molecule has 2 rings (SSSR count). The fourth-order valence-corrected chi connectivity index (χ4v) is 3.79. The van der Waals surface area contributed by atoms with Crippen LogP contribution in [-0.4, -0.2) is 39.6 Å². The molecule has 1 atom stereocenters. The summed E-state index contributed by atoms with van der Waals surface area (Å²) >= 11 is 0. The van der Waals surface area contributed by atoms with Crippen LogP contribution in [0.15, 0.2) is 30.3 Å². The minimum atomic E-state index is -4.62. The summed E-state index contributed by atoms with van der Waals surface area (Å²) < 4.78 is 75.7. The van der Waals surface area contributed by atoms with Gasteiger partial charge < -0.3 is 14.8 Å². The van der Waals surface area contributed by atoms with E-state index in [1.54, 1.807) is 39.0 Å². The van der Waals surface area contributed by atoms with Gasteiger partial charge in [-0.05, 0) is 51.6 Å². The molecular weight excluding hydrogens is 475 g/mol. The average molecular weight is 504 g/mol. The second-order valence-corrected chi connectivity index (χ2v) is 9.73. The third-order valence-corrected chi connectivity index (χ3v) is 6.20. The van der Waals surface area contributed by atoms with Crippen LogP contribution in [0.4, 0.5) is 13.2 Å². The number of methoxy groups -OCH3 is 1. The number of hydrogen-bond acceptors (Lipinski definition) is 6. The Labute approximate surface area is 196 Å². The van der Waals surface area contributed by atoms with Crippen molar-refractivity contribution in [1.82, 2.24) is 15.0 Å². The molecule has 188 valence electrons. The molecule has 0 aliphatic rings. The molecule has 0 saturated heterocycles. The summed E-state index contributed by atoms with van der Waals surface area (Å²) in [7, 11) is -0.809. The van der Waals surface area contributed by atoms with Crippen LogP contribution in [0.1, 0.15) is 49.1 Å². The van der Waals surface area contributed by atoms with Crippen LogP contribution in [0.2, 0.25) is 0 Å². The van der Waals surface area contributed by atoms with Gasteiger partial charge in [0, 0.05) is 17.7 Å². The first-order valence-electron chi connectivity index (χ1n) is 10.4. The molecule has 1 heterocycles. The molecule has 0 fully saturated rings. The molecule has 2 N–H and O–H groups in total. The standard InChI is InChI=1S/C22H28F3N3O5S/c1-13(2)33-21-16(8-9-19(28-21)22(23,24)25)11-27-20(29)14(3)15-6-7-17(18(10-15)32-5)12-34(30,31)26-4/h6-10,13-14,26H,11-12H2,1-5H3,(H,27,29). The Morgan fingerprint density at radius 2 is 1.76 bits per heavy atom. The number of amides is 1. The maximum atomic E-state index is 13.0. The maximum Gasteiger partial charge on any atom is 0.433 e. The first-order chi connectivity index (χ1) is 15.8. The minimum Gasteiger partial charge on any atom is -0.496 e. The number of rotatable bonds is 10. The van der Waals surface area contributed by atoms with Crippen LogP contribution in [0.25, 0.3) is 0 Å². The van der Waals surface area contributed by atoms with Crippen molar-refractivity contribution in [2.75, 3.05) is 14.2 Å². The van der Waals surface area contributed by atoms with E-state index in [1.165, 1.54) is 20.2 Å². The van der Waals surface area contributed by atoms with Crippen molar-refractivity contribution in [2.24, 2.45) is 0 Å². The summed E-state index contributed by atoms with van der Waals surface area (Å²) in [6, 6.07) is 6.83. The molecule has 0 radical (unpaired) electrons. The molecule has 8 nitrogen and oxygen atoms in total. The zero-order valence-corrected chi connectivity index (χ0v) is 20.3. The van der Waals surface area contributed by atoms with Crippen molar-refractivity contribution in [1.29, 1.82) is 0 Å². The van der Waals surface area contributed by atoms with Crippen LogP contribution in [0.3, 0.4) is 0 Å². The highest BCUT2D eigenvalue weighted by Crippen LogP contribution is 2.31. The molecule has 12 heteroatoms. The van der Waals surface area contributed by atoms with Crippen molar-refractivity contribution < 1.29 is 35.9 Å². The first kappa shape index (κ1) is 27.4. The summed E-state index contributed by atoms with van der Waals surface area (Å²) in [4.78, 5) is 16.3. The van der Waals surface area contributed by atoms with E-state index in [2.05, 4.69) is 15.0 Å². The highest BCUT2D eigenvalue weighted by molar-refractivity contribution is 7.88. The first-order valence-corrected chi connectivity index (χ1v) is 12.0. The quantitative estimate of drug-likeness (QED) is 0.515. The molecule has 0 aliphatic heterocycles. The van der Waals surface area contributed by atoms with Crippen LogP contribution in [0.5, 0.6) is 11.6 Å². The Balaban J connectivity index is 2.19. The zero-order chi connectivity index (χ0) is 25.7. The lowest BCUT2D eigenvalue weighted by molar-refractivity contribution is -0.141. The second kappa shape index (κ2) is 11.0. The van der Waals surface area contributed by atoms with E-state index < -0.39 is 39.8 Å². The number of halogens is 3. The summed E-state index contributed by atoms with van der Waals surface area (Å²) in [5.41, 5.74) is 0.218. The second-order valence-electron chi connectivity index (χ2n) is 7.80. The van der Waals surface area contributed by atoms with Gasteiger partial charge in [0.2, 0.25) is 21.8 Å². The van der Waals surface area contributed by atoms with E-state index in [1.807, 2.05) is 0 Å². The van der Waals surface area contributed by atoms with Gasteiger partial charge in [-0.15, -0.1) is 0 Å². The molecule has 1 aromatic carbocycles. The van der Waals surface area contributed by atoms with Crippen LogP contribution in [0, 0.1) is 0 Å². The van der Waals surface area contributed by atoms with Gasteiger partial charge in [-0.1, -0.05) is 12.1 Å². The fourth-order valence-electron chi connectivity index (χ4n) is 3.00. The Bertz CT molecular complexity index is 1120. The molecule has 0 saturated carbocycles. The lowest BCUT2D eigenvalue weighted by Gasteiger charge is -2.18. The topological polar surface area (TPSA) is 107 Å². The van der Waals surface area contributed by atoms with Crippen molar-refractivity contribution >= 4 is 15.9 Å². The maximum absolute atomic E-state index is 13.0. The van der Waals surface area contributed by atoms with Gasteiger partial charge in [0.15, 0.2) is 0 Å². The molecule has 1 amide bonds. The fraction of sp³-hybridized carbons (Fsp3) is 0.455. The smallest absolute Gasteiger partial charge is 0.433 e. The molecule has 2 aromatic rings.